The van der Waals surface area contributed by atoms with E-state index in [0.29, 0.717) is 26.2 Å². The molecule has 2 nitrogen and oxygen atoms in total. The van der Waals surface area contributed by atoms with E-state index >= 15 is 0 Å². The van der Waals surface area contributed by atoms with E-state index in [1.165, 1.54) is 12.1 Å². The molecular weight excluding hydrogens is 429 g/mol. The van der Waals surface area contributed by atoms with Crippen LogP contribution in [0.4, 0.5) is 26.3 Å². The fourth-order valence-corrected chi connectivity index (χ4v) is 3.07. The van der Waals surface area contributed by atoms with Crippen LogP contribution in [0.3, 0.4) is 0 Å². The summed E-state index contributed by atoms with van der Waals surface area (Å²) in [6, 6.07) is 2.30. The van der Waals surface area contributed by atoms with Crippen LogP contribution in [0, 0.1) is 0 Å². The lowest BCUT2D eigenvalue weighted by Crippen LogP contribution is -2.45. The van der Waals surface area contributed by atoms with Gasteiger partial charge in [0.05, 0.1) is 5.56 Å². The molecule has 2 rings (SSSR count). The summed E-state index contributed by atoms with van der Waals surface area (Å²) >= 11 is 5.66. The first-order chi connectivity index (χ1) is 11.1. The lowest BCUT2D eigenvalue weighted by Gasteiger charge is -2.36. The smallest absolute Gasteiger partial charge is 0.314 e. The van der Waals surface area contributed by atoms with Crippen LogP contribution in [0.1, 0.15) is 30.0 Å². The number of rotatable bonds is 4. The summed E-state index contributed by atoms with van der Waals surface area (Å²) in [5.41, 5.74) is -1.13. The molecule has 11 heteroatoms. The van der Waals surface area contributed by atoms with Crippen LogP contribution in [0.5, 0.6) is 0 Å². The zero-order valence-electron chi connectivity index (χ0n) is 13.5. The number of piperazine rings is 1. The molecule has 1 atom stereocenters. The van der Waals surface area contributed by atoms with E-state index in [2.05, 4.69) is 5.32 Å². The van der Waals surface area contributed by atoms with Gasteiger partial charge in [0.2, 0.25) is 0 Å². The zero-order valence-corrected chi connectivity index (χ0v) is 15.9. The van der Waals surface area contributed by atoms with Gasteiger partial charge in [0.1, 0.15) is 0 Å². The standard InChI is InChI=1S/C15H17ClF6N2.2ClH/c16-10-1-2-11(12(9-10)15(20,21)22)13(3-4-14(17,18)19)24-7-5-23-6-8-24;;/h1-2,9,13,23H,3-8H2;2*1H/t13-;;/m0../s1. The van der Waals surface area contributed by atoms with Crippen LogP contribution in [-0.2, 0) is 6.18 Å². The van der Waals surface area contributed by atoms with Gasteiger partial charge >= 0.3 is 12.4 Å². The summed E-state index contributed by atoms with van der Waals surface area (Å²) in [4.78, 5) is 1.67. The quantitative estimate of drug-likeness (QED) is 0.614. The molecule has 1 N–H and O–H groups in total. The van der Waals surface area contributed by atoms with Gasteiger partial charge in [-0.3, -0.25) is 4.90 Å². The van der Waals surface area contributed by atoms with Crippen molar-refractivity contribution in [3.05, 3.63) is 34.3 Å². The van der Waals surface area contributed by atoms with Crippen LogP contribution < -0.4 is 5.32 Å². The highest BCUT2D eigenvalue weighted by molar-refractivity contribution is 6.30. The summed E-state index contributed by atoms with van der Waals surface area (Å²) in [5.74, 6) is 0. The Morgan fingerprint density at radius 2 is 1.62 bits per heavy atom. The van der Waals surface area contributed by atoms with E-state index in [0.717, 1.165) is 6.07 Å². The van der Waals surface area contributed by atoms with Crippen molar-refractivity contribution in [2.45, 2.75) is 31.2 Å². The molecule has 1 aliphatic heterocycles. The first-order valence-electron chi connectivity index (χ1n) is 7.46. The molecular formula is C15H19Cl3F6N2. The Hall–Kier alpha value is -0.410. The van der Waals surface area contributed by atoms with Gasteiger partial charge in [-0.2, -0.15) is 26.3 Å². The fraction of sp³-hybridized carbons (Fsp3) is 0.600. The monoisotopic (exact) mass is 446 g/mol. The summed E-state index contributed by atoms with van der Waals surface area (Å²) in [7, 11) is 0. The van der Waals surface area contributed by atoms with Crippen molar-refractivity contribution in [1.82, 2.24) is 10.2 Å². The van der Waals surface area contributed by atoms with Crippen LogP contribution in [0.2, 0.25) is 5.02 Å². The van der Waals surface area contributed by atoms with E-state index in [-0.39, 0.29) is 35.4 Å². The average Bonchev–Trinajstić information content (AvgIpc) is 2.47. The molecule has 26 heavy (non-hydrogen) atoms. The number of benzene rings is 1. The maximum absolute atomic E-state index is 13.3. The van der Waals surface area contributed by atoms with Gasteiger partial charge in [0.15, 0.2) is 0 Å². The van der Waals surface area contributed by atoms with Gasteiger partial charge in [-0.25, -0.2) is 0 Å². The first kappa shape index (κ1) is 25.6. The molecule has 0 unspecified atom stereocenters. The molecule has 0 saturated carbocycles. The molecule has 0 bridgehead atoms. The summed E-state index contributed by atoms with van der Waals surface area (Å²) in [5, 5.41) is 2.94. The number of halogens is 9. The second kappa shape index (κ2) is 10.2. The Morgan fingerprint density at radius 1 is 1.04 bits per heavy atom. The largest absolute Gasteiger partial charge is 0.416 e. The molecule has 1 aromatic carbocycles. The van der Waals surface area contributed by atoms with Gasteiger partial charge < -0.3 is 5.32 Å². The summed E-state index contributed by atoms with van der Waals surface area (Å²) < 4.78 is 77.8. The van der Waals surface area contributed by atoms with E-state index in [1.807, 2.05) is 0 Å². The van der Waals surface area contributed by atoms with E-state index in [9.17, 15) is 26.3 Å². The van der Waals surface area contributed by atoms with E-state index < -0.39 is 36.8 Å². The Morgan fingerprint density at radius 3 is 2.12 bits per heavy atom. The maximum atomic E-state index is 13.3. The van der Waals surface area contributed by atoms with Gasteiger partial charge in [0.25, 0.3) is 0 Å². The van der Waals surface area contributed by atoms with Crippen molar-refractivity contribution in [3.8, 4) is 0 Å². The molecule has 0 amide bonds. The van der Waals surface area contributed by atoms with Gasteiger partial charge in [0, 0.05) is 43.7 Å². The lowest BCUT2D eigenvalue weighted by atomic mass is 9.94. The third-order valence-electron chi connectivity index (χ3n) is 3.97. The Labute approximate surface area is 165 Å². The normalized spacial score (nSPS) is 17.2. The highest BCUT2D eigenvalue weighted by Gasteiger charge is 2.38. The average molecular weight is 448 g/mol. The molecule has 1 heterocycles. The Bertz CT molecular complexity index is 559. The Balaban J connectivity index is 0.00000312. The molecule has 0 radical (unpaired) electrons. The van der Waals surface area contributed by atoms with Crippen LogP contribution in [0.15, 0.2) is 18.2 Å². The molecule has 1 aliphatic rings. The van der Waals surface area contributed by atoms with Crippen molar-refractivity contribution in [3.63, 3.8) is 0 Å². The Kier molecular flexibility index (Phi) is 10.1. The van der Waals surface area contributed by atoms with Gasteiger partial charge in [-0.15, -0.1) is 24.8 Å². The minimum absolute atomic E-state index is 0. The van der Waals surface area contributed by atoms with Crippen LogP contribution >= 0.6 is 36.4 Å². The number of alkyl halides is 6. The summed E-state index contributed by atoms with van der Waals surface area (Å²) in [6.45, 7) is 1.83. The van der Waals surface area contributed by atoms with E-state index in [1.54, 1.807) is 4.90 Å². The topological polar surface area (TPSA) is 15.3 Å². The SMILES string of the molecule is Cl.Cl.FC(F)(F)CC[C@@H](c1ccc(Cl)cc1C(F)(F)F)N1CCNCC1. The van der Waals surface area contributed by atoms with Gasteiger partial charge in [-0.05, 0) is 24.1 Å². The highest BCUT2D eigenvalue weighted by atomic mass is 35.5. The second-order valence-corrected chi connectivity index (χ2v) is 6.12. The fourth-order valence-electron chi connectivity index (χ4n) is 2.89. The van der Waals surface area contributed by atoms with Crippen molar-refractivity contribution in [2.24, 2.45) is 0 Å². The van der Waals surface area contributed by atoms with E-state index in [4.69, 9.17) is 11.6 Å². The van der Waals surface area contributed by atoms with Gasteiger partial charge in [-0.1, -0.05) is 17.7 Å². The summed E-state index contributed by atoms with van der Waals surface area (Å²) in [6.07, 6.45) is -10.7. The molecule has 1 fully saturated rings. The predicted molar refractivity (Wildman–Crippen MR) is 93.4 cm³/mol. The number of nitrogens with one attached hydrogen (secondary N) is 1. The van der Waals surface area contributed by atoms with Crippen LogP contribution in [-0.4, -0.2) is 37.3 Å². The lowest BCUT2D eigenvalue weighted by molar-refractivity contribution is -0.141. The predicted octanol–water partition coefficient (Wildman–Crippen LogP) is 5.49. The van der Waals surface area contributed by atoms with Crippen molar-refractivity contribution >= 4 is 36.4 Å². The molecule has 152 valence electrons. The maximum Gasteiger partial charge on any atom is 0.416 e. The minimum atomic E-state index is -4.68. The molecule has 1 aromatic rings. The number of nitrogens with zero attached hydrogens (tertiary/aromatic N) is 1. The molecule has 0 aliphatic carbocycles. The molecule has 0 spiro atoms. The number of hydrogen-bond donors (Lipinski definition) is 1. The highest BCUT2D eigenvalue weighted by Crippen LogP contribution is 2.40. The zero-order chi connectivity index (χ0) is 18.0. The third kappa shape index (κ3) is 7.31. The van der Waals surface area contributed by atoms with Crippen molar-refractivity contribution < 1.29 is 26.3 Å². The second-order valence-electron chi connectivity index (χ2n) is 5.68. The third-order valence-corrected chi connectivity index (χ3v) is 4.21. The minimum Gasteiger partial charge on any atom is -0.314 e. The molecule has 0 aromatic heterocycles. The van der Waals surface area contributed by atoms with Crippen molar-refractivity contribution in [1.29, 1.82) is 0 Å². The molecule has 1 saturated heterocycles. The number of hydrogen-bond acceptors (Lipinski definition) is 2. The van der Waals surface area contributed by atoms with Crippen molar-refractivity contribution in [2.75, 3.05) is 26.2 Å². The van der Waals surface area contributed by atoms with Crippen LogP contribution in [0.25, 0.3) is 0 Å². The first-order valence-corrected chi connectivity index (χ1v) is 7.84.